The quantitative estimate of drug-likeness (QED) is 0.860. The number of amides is 2. The maximum atomic E-state index is 12.2. The van der Waals surface area contributed by atoms with E-state index in [2.05, 4.69) is 10.6 Å². The van der Waals surface area contributed by atoms with Gasteiger partial charge in [-0.05, 0) is 43.5 Å². The van der Waals surface area contributed by atoms with Crippen LogP contribution in [0, 0.1) is 5.92 Å². The number of piperidine rings is 1. The van der Waals surface area contributed by atoms with Gasteiger partial charge in [0.1, 0.15) is 0 Å². The van der Waals surface area contributed by atoms with Crippen molar-refractivity contribution in [3.8, 4) is 0 Å². The Morgan fingerprint density at radius 2 is 2.29 bits per heavy atom. The Bertz CT molecular complexity index is 565. The minimum absolute atomic E-state index is 0.0214. The van der Waals surface area contributed by atoms with Crippen LogP contribution in [-0.2, 0) is 11.2 Å². The molecule has 2 aliphatic heterocycles. The van der Waals surface area contributed by atoms with E-state index < -0.39 is 0 Å². The van der Waals surface area contributed by atoms with Crippen LogP contribution >= 0.6 is 0 Å². The number of carbonyl (C=O) groups is 2. The van der Waals surface area contributed by atoms with E-state index in [0.717, 1.165) is 44.5 Å². The lowest BCUT2D eigenvalue weighted by molar-refractivity contribution is -0.120. The van der Waals surface area contributed by atoms with Gasteiger partial charge in [0.15, 0.2) is 0 Å². The van der Waals surface area contributed by atoms with Gasteiger partial charge in [0, 0.05) is 31.4 Å². The molecule has 1 fully saturated rings. The molecular weight excluding hydrogens is 266 g/mol. The molecule has 0 spiro atoms. The Balaban J connectivity index is 1.74. The van der Waals surface area contributed by atoms with Crippen molar-refractivity contribution in [2.45, 2.75) is 19.3 Å². The number of likely N-dealkylation sites (N-methyl/N-ethyl adjacent to an activating group) is 1. The van der Waals surface area contributed by atoms with Gasteiger partial charge < -0.3 is 15.5 Å². The molecule has 1 atom stereocenters. The van der Waals surface area contributed by atoms with E-state index in [9.17, 15) is 9.59 Å². The van der Waals surface area contributed by atoms with Gasteiger partial charge in [0.05, 0.1) is 5.92 Å². The van der Waals surface area contributed by atoms with Crippen molar-refractivity contribution in [2.24, 2.45) is 5.92 Å². The number of hydrogen-bond donors (Lipinski definition) is 2. The summed E-state index contributed by atoms with van der Waals surface area (Å²) in [7, 11) is 1.81. The highest BCUT2D eigenvalue weighted by atomic mass is 16.2. The number of anilines is 1. The largest absolute Gasteiger partial charge is 0.341 e. The molecule has 1 aromatic carbocycles. The molecule has 2 aliphatic rings. The highest BCUT2D eigenvalue weighted by molar-refractivity contribution is 5.99. The summed E-state index contributed by atoms with van der Waals surface area (Å²) in [5.74, 6) is 0.0959. The Morgan fingerprint density at radius 3 is 3.05 bits per heavy atom. The fourth-order valence-electron chi connectivity index (χ4n) is 2.99. The van der Waals surface area contributed by atoms with Crippen LogP contribution in [0.3, 0.4) is 0 Å². The zero-order chi connectivity index (χ0) is 14.8. The number of hydrogen-bond acceptors (Lipinski definition) is 3. The minimum atomic E-state index is 0.0214. The summed E-state index contributed by atoms with van der Waals surface area (Å²) >= 11 is 0. The maximum Gasteiger partial charge on any atom is 0.253 e. The van der Waals surface area contributed by atoms with Crippen molar-refractivity contribution >= 4 is 17.5 Å². The van der Waals surface area contributed by atoms with Crippen molar-refractivity contribution in [2.75, 3.05) is 32.0 Å². The van der Waals surface area contributed by atoms with Crippen molar-refractivity contribution in [1.29, 1.82) is 0 Å². The van der Waals surface area contributed by atoms with Crippen molar-refractivity contribution < 1.29 is 9.59 Å². The highest BCUT2D eigenvalue weighted by Crippen LogP contribution is 2.23. The lowest BCUT2D eigenvalue weighted by atomic mass is 9.97. The van der Waals surface area contributed by atoms with Gasteiger partial charge in [-0.1, -0.05) is 6.07 Å². The van der Waals surface area contributed by atoms with Crippen LogP contribution in [-0.4, -0.2) is 43.4 Å². The molecule has 2 N–H and O–H groups in total. The summed E-state index contributed by atoms with van der Waals surface area (Å²) < 4.78 is 0. The normalized spacial score (nSPS) is 21.9. The third-order valence-corrected chi connectivity index (χ3v) is 4.34. The summed E-state index contributed by atoms with van der Waals surface area (Å²) in [6.07, 6.45) is 2.83. The van der Waals surface area contributed by atoms with Crippen LogP contribution in [0.5, 0.6) is 0 Å². The van der Waals surface area contributed by atoms with E-state index in [1.807, 2.05) is 25.2 Å². The second kappa shape index (κ2) is 5.85. The average Bonchev–Trinajstić information content (AvgIpc) is 2.52. The van der Waals surface area contributed by atoms with Gasteiger partial charge >= 0.3 is 0 Å². The second-order valence-corrected chi connectivity index (χ2v) is 5.88. The molecule has 1 unspecified atom stereocenters. The van der Waals surface area contributed by atoms with Gasteiger partial charge in [-0.3, -0.25) is 9.59 Å². The molecular formula is C16H21N3O2. The lowest BCUT2D eigenvalue weighted by Gasteiger charge is -2.26. The molecule has 5 heteroatoms. The van der Waals surface area contributed by atoms with Gasteiger partial charge in [0.2, 0.25) is 5.91 Å². The number of rotatable bonds is 2. The highest BCUT2D eigenvalue weighted by Gasteiger charge is 2.24. The topological polar surface area (TPSA) is 61.4 Å². The summed E-state index contributed by atoms with van der Waals surface area (Å²) in [5.41, 5.74) is 2.49. The maximum absolute atomic E-state index is 12.2. The molecule has 21 heavy (non-hydrogen) atoms. The van der Waals surface area contributed by atoms with Crippen molar-refractivity contribution in [3.63, 3.8) is 0 Å². The molecule has 1 saturated heterocycles. The zero-order valence-electron chi connectivity index (χ0n) is 12.3. The number of nitrogens with zero attached hydrogens (tertiary/aromatic N) is 1. The van der Waals surface area contributed by atoms with Crippen molar-refractivity contribution in [1.82, 2.24) is 10.2 Å². The third-order valence-electron chi connectivity index (χ3n) is 4.34. The van der Waals surface area contributed by atoms with E-state index in [0.29, 0.717) is 11.3 Å². The summed E-state index contributed by atoms with van der Waals surface area (Å²) in [6, 6.07) is 5.65. The Kier molecular flexibility index (Phi) is 3.92. The van der Waals surface area contributed by atoms with Crippen LogP contribution in [0.4, 0.5) is 5.69 Å². The number of nitrogens with one attached hydrogen (secondary N) is 2. The summed E-state index contributed by atoms with van der Waals surface area (Å²) in [4.78, 5) is 26.1. The van der Waals surface area contributed by atoms with Crippen LogP contribution in [0.15, 0.2) is 18.2 Å². The molecule has 3 rings (SSSR count). The molecule has 0 saturated carbocycles. The first-order valence-electron chi connectivity index (χ1n) is 7.55. The Hall–Kier alpha value is -1.88. The van der Waals surface area contributed by atoms with Crippen LogP contribution < -0.4 is 10.6 Å². The molecule has 0 bridgehead atoms. The first-order chi connectivity index (χ1) is 10.1. The molecule has 0 aromatic heterocycles. The number of carbonyl (C=O) groups excluding carboxylic acids is 2. The number of benzene rings is 1. The van der Waals surface area contributed by atoms with Gasteiger partial charge in [-0.15, -0.1) is 0 Å². The zero-order valence-corrected chi connectivity index (χ0v) is 12.3. The van der Waals surface area contributed by atoms with Crippen LogP contribution in [0.25, 0.3) is 0 Å². The predicted octanol–water partition coefficient (Wildman–Crippen LogP) is 1.25. The Morgan fingerprint density at radius 1 is 1.43 bits per heavy atom. The van der Waals surface area contributed by atoms with Gasteiger partial charge in [-0.2, -0.15) is 0 Å². The van der Waals surface area contributed by atoms with E-state index in [1.165, 1.54) is 0 Å². The lowest BCUT2D eigenvalue weighted by Crippen LogP contribution is -2.37. The first-order valence-corrected chi connectivity index (χ1v) is 7.55. The molecule has 1 aromatic rings. The molecule has 0 radical (unpaired) electrons. The summed E-state index contributed by atoms with van der Waals surface area (Å²) in [5, 5.41) is 6.19. The first kappa shape index (κ1) is 14.1. The van der Waals surface area contributed by atoms with E-state index in [4.69, 9.17) is 0 Å². The molecule has 112 valence electrons. The average molecular weight is 287 g/mol. The molecule has 2 heterocycles. The summed E-state index contributed by atoms with van der Waals surface area (Å²) in [6.45, 7) is 2.48. The molecule has 2 amide bonds. The molecule has 0 aliphatic carbocycles. The second-order valence-electron chi connectivity index (χ2n) is 5.88. The van der Waals surface area contributed by atoms with Crippen molar-refractivity contribution in [3.05, 3.63) is 29.3 Å². The number of fused-ring (bicyclic) bond motifs is 1. The van der Waals surface area contributed by atoms with Crippen LogP contribution in [0.1, 0.15) is 28.8 Å². The fraction of sp³-hybridized carbons (Fsp3) is 0.500. The standard InChI is InChI=1S/C16H21N3O2/c1-19-8-6-11-4-5-13(9-14(11)16(19)21)18-15(20)12-3-2-7-17-10-12/h4-5,9,12,17H,2-3,6-8,10H2,1H3,(H,18,20). The monoisotopic (exact) mass is 287 g/mol. The van der Waals surface area contributed by atoms with E-state index in [1.54, 1.807) is 4.90 Å². The Labute approximate surface area is 124 Å². The predicted molar refractivity (Wildman–Crippen MR) is 81.3 cm³/mol. The molecule has 5 nitrogen and oxygen atoms in total. The third kappa shape index (κ3) is 2.93. The van der Waals surface area contributed by atoms with E-state index in [-0.39, 0.29) is 17.7 Å². The van der Waals surface area contributed by atoms with E-state index >= 15 is 0 Å². The minimum Gasteiger partial charge on any atom is -0.341 e. The smallest absolute Gasteiger partial charge is 0.253 e. The van der Waals surface area contributed by atoms with Crippen LogP contribution in [0.2, 0.25) is 0 Å². The van der Waals surface area contributed by atoms with Gasteiger partial charge in [0.25, 0.3) is 5.91 Å². The SMILES string of the molecule is CN1CCc2ccc(NC(=O)C3CCCNC3)cc2C1=O. The fourth-order valence-corrected chi connectivity index (χ4v) is 2.99. The van der Waals surface area contributed by atoms with Gasteiger partial charge in [-0.25, -0.2) is 0 Å².